The number of hydrogen-bond acceptors (Lipinski definition) is 3. The van der Waals surface area contributed by atoms with E-state index in [9.17, 15) is 18.0 Å². The number of pyridine rings is 1. The van der Waals surface area contributed by atoms with Gasteiger partial charge >= 0.3 is 6.18 Å². The SMILES string of the molecule is CN1CCCC2(CCN(c3cccc(C(F)(F)F)n3)C2)C1=O. The van der Waals surface area contributed by atoms with Crippen LogP contribution < -0.4 is 4.90 Å². The van der Waals surface area contributed by atoms with Crippen molar-refractivity contribution in [1.29, 1.82) is 0 Å². The average Bonchev–Trinajstić information content (AvgIpc) is 2.89. The molecule has 1 aromatic heterocycles. The van der Waals surface area contributed by atoms with Gasteiger partial charge in [-0.2, -0.15) is 13.2 Å². The molecule has 4 nitrogen and oxygen atoms in total. The van der Waals surface area contributed by atoms with E-state index in [1.165, 1.54) is 6.07 Å². The summed E-state index contributed by atoms with van der Waals surface area (Å²) in [5, 5.41) is 0. The van der Waals surface area contributed by atoms with E-state index < -0.39 is 17.3 Å². The van der Waals surface area contributed by atoms with Crippen molar-refractivity contribution in [2.24, 2.45) is 5.41 Å². The second kappa shape index (κ2) is 5.14. The molecule has 2 fully saturated rings. The average molecular weight is 313 g/mol. The highest BCUT2D eigenvalue weighted by Crippen LogP contribution is 2.41. The summed E-state index contributed by atoms with van der Waals surface area (Å²) in [7, 11) is 1.79. The fourth-order valence-electron chi connectivity index (χ4n) is 3.47. The topological polar surface area (TPSA) is 36.4 Å². The van der Waals surface area contributed by atoms with Gasteiger partial charge in [0, 0.05) is 26.7 Å². The third kappa shape index (κ3) is 2.53. The minimum atomic E-state index is -4.45. The fraction of sp³-hybridized carbons (Fsp3) is 0.600. The van der Waals surface area contributed by atoms with E-state index in [0.717, 1.165) is 25.5 Å². The predicted octanol–water partition coefficient (Wildman–Crippen LogP) is 2.55. The number of anilines is 1. The molecule has 1 amide bonds. The van der Waals surface area contributed by atoms with Crippen molar-refractivity contribution in [3.63, 3.8) is 0 Å². The number of nitrogens with zero attached hydrogens (tertiary/aromatic N) is 3. The van der Waals surface area contributed by atoms with Crippen LogP contribution in [0.3, 0.4) is 0 Å². The van der Waals surface area contributed by atoms with E-state index in [-0.39, 0.29) is 5.91 Å². The maximum absolute atomic E-state index is 12.8. The van der Waals surface area contributed by atoms with Gasteiger partial charge in [-0.15, -0.1) is 0 Å². The number of hydrogen-bond donors (Lipinski definition) is 0. The lowest BCUT2D eigenvalue weighted by Gasteiger charge is -2.37. The molecule has 1 atom stereocenters. The standard InChI is InChI=1S/C15H18F3N3O/c1-20-8-3-6-14(13(20)22)7-9-21(10-14)12-5-2-4-11(19-12)15(16,17)18/h2,4-5H,3,6-10H2,1H3. The highest BCUT2D eigenvalue weighted by molar-refractivity contribution is 5.84. The largest absolute Gasteiger partial charge is 0.433 e. The first-order valence-electron chi connectivity index (χ1n) is 7.37. The maximum Gasteiger partial charge on any atom is 0.433 e. The van der Waals surface area contributed by atoms with Gasteiger partial charge in [0.2, 0.25) is 5.91 Å². The first-order chi connectivity index (χ1) is 10.3. The number of likely N-dealkylation sites (tertiary alicyclic amines) is 1. The zero-order valence-electron chi connectivity index (χ0n) is 12.4. The second-order valence-corrected chi connectivity index (χ2v) is 6.16. The summed E-state index contributed by atoms with van der Waals surface area (Å²) in [5.74, 6) is 0.404. The quantitative estimate of drug-likeness (QED) is 0.799. The molecule has 0 radical (unpaired) electrons. The smallest absolute Gasteiger partial charge is 0.355 e. The molecule has 3 rings (SSSR count). The van der Waals surface area contributed by atoms with Crippen molar-refractivity contribution in [2.75, 3.05) is 31.6 Å². The molecule has 0 aromatic carbocycles. The van der Waals surface area contributed by atoms with E-state index in [2.05, 4.69) is 4.98 Å². The predicted molar refractivity (Wildman–Crippen MR) is 75.4 cm³/mol. The number of amides is 1. The third-order valence-electron chi connectivity index (χ3n) is 4.65. The van der Waals surface area contributed by atoms with Crippen molar-refractivity contribution in [3.05, 3.63) is 23.9 Å². The summed E-state index contributed by atoms with van der Waals surface area (Å²) < 4.78 is 38.3. The molecule has 2 saturated heterocycles. The Morgan fingerprint density at radius 2 is 2.00 bits per heavy atom. The second-order valence-electron chi connectivity index (χ2n) is 6.16. The van der Waals surface area contributed by atoms with Crippen LogP contribution >= 0.6 is 0 Å². The number of rotatable bonds is 1. The highest BCUT2D eigenvalue weighted by atomic mass is 19.4. The minimum absolute atomic E-state index is 0.105. The Balaban J connectivity index is 1.82. The van der Waals surface area contributed by atoms with Crippen molar-refractivity contribution in [2.45, 2.75) is 25.4 Å². The van der Waals surface area contributed by atoms with Gasteiger partial charge < -0.3 is 9.80 Å². The molecule has 0 aliphatic carbocycles. The van der Waals surface area contributed by atoms with Crippen LogP contribution in [0.4, 0.5) is 19.0 Å². The monoisotopic (exact) mass is 313 g/mol. The lowest BCUT2D eigenvalue weighted by atomic mass is 9.78. The van der Waals surface area contributed by atoms with Gasteiger partial charge in [0.15, 0.2) is 0 Å². The summed E-state index contributed by atoms with van der Waals surface area (Å²) in [5.41, 5.74) is -1.35. The fourth-order valence-corrected chi connectivity index (χ4v) is 3.47. The third-order valence-corrected chi connectivity index (χ3v) is 4.65. The van der Waals surface area contributed by atoms with E-state index in [4.69, 9.17) is 0 Å². The maximum atomic E-state index is 12.8. The van der Waals surface area contributed by atoms with Crippen LogP contribution in [0, 0.1) is 5.41 Å². The minimum Gasteiger partial charge on any atom is -0.355 e. The number of halogens is 3. The van der Waals surface area contributed by atoms with Gasteiger partial charge in [0.1, 0.15) is 11.5 Å². The van der Waals surface area contributed by atoms with E-state index in [1.54, 1.807) is 22.9 Å². The van der Waals surface area contributed by atoms with Crippen LogP contribution in [0.2, 0.25) is 0 Å². The van der Waals surface area contributed by atoms with Crippen molar-refractivity contribution in [3.8, 4) is 0 Å². The molecule has 120 valence electrons. The Labute approximate surface area is 126 Å². The Morgan fingerprint density at radius 3 is 2.73 bits per heavy atom. The van der Waals surface area contributed by atoms with Crippen LogP contribution in [0.25, 0.3) is 0 Å². The molecule has 1 unspecified atom stereocenters. The first-order valence-corrected chi connectivity index (χ1v) is 7.37. The molecular weight excluding hydrogens is 295 g/mol. The molecule has 7 heteroatoms. The zero-order valence-corrected chi connectivity index (χ0v) is 12.4. The Hall–Kier alpha value is -1.79. The Bertz CT molecular complexity index is 590. The van der Waals surface area contributed by atoms with Gasteiger partial charge in [0.25, 0.3) is 0 Å². The lowest BCUT2D eigenvalue weighted by molar-refractivity contribution is -0.143. The van der Waals surface area contributed by atoms with Crippen LogP contribution in [0.5, 0.6) is 0 Å². The summed E-state index contributed by atoms with van der Waals surface area (Å²) in [4.78, 5) is 19.7. The van der Waals surface area contributed by atoms with Crippen LogP contribution in [-0.4, -0.2) is 42.5 Å². The zero-order chi connectivity index (χ0) is 16.0. The number of carbonyl (C=O) groups is 1. The van der Waals surface area contributed by atoms with E-state index in [1.807, 2.05) is 0 Å². The normalized spacial score (nSPS) is 26.1. The van der Waals surface area contributed by atoms with Gasteiger partial charge in [-0.3, -0.25) is 4.79 Å². The number of piperidine rings is 1. The van der Waals surface area contributed by atoms with Crippen molar-refractivity contribution >= 4 is 11.7 Å². The van der Waals surface area contributed by atoms with Crippen LogP contribution in [0.1, 0.15) is 25.0 Å². The summed E-state index contributed by atoms with van der Waals surface area (Å²) in [6.45, 7) is 1.76. The summed E-state index contributed by atoms with van der Waals surface area (Å²) in [6, 6.07) is 3.91. The van der Waals surface area contributed by atoms with Crippen LogP contribution in [-0.2, 0) is 11.0 Å². The van der Waals surface area contributed by atoms with E-state index in [0.29, 0.717) is 25.3 Å². The van der Waals surface area contributed by atoms with Crippen molar-refractivity contribution < 1.29 is 18.0 Å². The number of aromatic nitrogens is 1. The molecule has 1 aromatic rings. The molecule has 0 N–H and O–H groups in total. The molecule has 1 spiro atoms. The molecule has 2 aliphatic rings. The Kier molecular flexibility index (Phi) is 3.53. The molecule has 0 saturated carbocycles. The molecule has 2 aliphatic heterocycles. The number of alkyl halides is 3. The molecule has 0 bridgehead atoms. The molecule has 3 heterocycles. The Morgan fingerprint density at radius 1 is 1.23 bits per heavy atom. The van der Waals surface area contributed by atoms with Gasteiger partial charge in [-0.1, -0.05) is 6.07 Å². The summed E-state index contributed by atoms with van der Waals surface area (Å²) >= 11 is 0. The lowest BCUT2D eigenvalue weighted by Crippen LogP contribution is -2.48. The highest BCUT2D eigenvalue weighted by Gasteiger charge is 2.48. The van der Waals surface area contributed by atoms with E-state index >= 15 is 0 Å². The number of carbonyl (C=O) groups excluding carboxylic acids is 1. The van der Waals surface area contributed by atoms with Crippen molar-refractivity contribution in [1.82, 2.24) is 9.88 Å². The first kappa shape index (κ1) is 15.1. The van der Waals surface area contributed by atoms with Gasteiger partial charge in [-0.25, -0.2) is 4.98 Å². The summed E-state index contributed by atoms with van der Waals surface area (Å²) in [6.07, 6.45) is -2.04. The van der Waals surface area contributed by atoms with Gasteiger partial charge in [-0.05, 0) is 31.4 Å². The molecule has 22 heavy (non-hydrogen) atoms. The van der Waals surface area contributed by atoms with Crippen LogP contribution in [0.15, 0.2) is 18.2 Å². The van der Waals surface area contributed by atoms with Gasteiger partial charge in [0.05, 0.1) is 5.41 Å². The molecular formula is C15H18F3N3O.